The molecule has 2 bridgehead atoms. The first-order valence-corrected chi connectivity index (χ1v) is 7.69. The highest BCUT2D eigenvalue weighted by Gasteiger charge is 2.36. The van der Waals surface area contributed by atoms with E-state index in [9.17, 15) is 4.79 Å². The summed E-state index contributed by atoms with van der Waals surface area (Å²) >= 11 is 0. The lowest BCUT2D eigenvalue weighted by Gasteiger charge is -2.45. The highest BCUT2D eigenvalue weighted by atomic mass is 16.5. The van der Waals surface area contributed by atoms with Crippen molar-refractivity contribution >= 4 is 5.78 Å². The first-order valence-electron chi connectivity index (χ1n) is 7.69. The van der Waals surface area contributed by atoms with Crippen molar-refractivity contribution in [1.29, 1.82) is 0 Å². The van der Waals surface area contributed by atoms with Crippen LogP contribution >= 0.6 is 0 Å². The number of nitrogens with zero attached hydrogens (tertiary/aromatic N) is 1. The number of carbonyl (C=O) groups is 1. The molecule has 0 N–H and O–H groups in total. The van der Waals surface area contributed by atoms with Crippen molar-refractivity contribution in [1.82, 2.24) is 4.90 Å². The van der Waals surface area contributed by atoms with E-state index in [1.54, 1.807) is 0 Å². The lowest BCUT2D eigenvalue weighted by Crippen LogP contribution is -2.53. The van der Waals surface area contributed by atoms with Gasteiger partial charge in [-0.2, -0.15) is 0 Å². The Morgan fingerprint density at radius 3 is 2.70 bits per heavy atom. The number of rotatable bonds is 4. The zero-order valence-electron chi connectivity index (χ0n) is 12.2. The average Bonchev–Trinajstić information content (AvgIpc) is 2.39. The van der Waals surface area contributed by atoms with E-state index in [4.69, 9.17) is 4.74 Å². The van der Waals surface area contributed by atoms with Crippen LogP contribution in [-0.4, -0.2) is 35.9 Å². The summed E-state index contributed by atoms with van der Waals surface area (Å²) in [5.41, 5.74) is 1.22. The van der Waals surface area contributed by atoms with Crippen molar-refractivity contribution in [2.24, 2.45) is 0 Å². The maximum absolute atomic E-state index is 11.7. The SMILES string of the molecule is Cc1cccc(OCCN2C3CCCC2CC(=O)C3)c1. The van der Waals surface area contributed by atoms with Gasteiger partial charge in [0.1, 0.15) is 18.1 Å². The Bertz CT molecular complexity index is 470. The van der Waals surface area contributed by atoms with Crippen LogP contribution in [0.4, 0.5) is 0 Å². The van der Waals surface area contributed by atoms with Gasteiger partial charge >= 0.3 is 0 Å². The minimum Gasteiger partial charge on any atom is -0.492 e. The predicted octanol–water partition coefficient (Wildman–Crippen LogP) is 2.96. The molecule has 3 rings (SSSR count). The van der Waals surface area contributed by atoms with Crippen LogP contribution in [0.1, 0.15) is 37.7 Å². The van der Waals surface area contributed by atoms with Crippen molar-refractivity contribution in [3.8, 4) is 5.75 Å². The van der Waals surface area contributed by atoms with Crippen LogP contribution in [0.15, 0.2) is 24.3 Å². The standard InChI is InChI=1S/C17H23NO2/c1-13-4-2-7-17(10-13)20-9-8-18-14-5-3-6-15(18)12-16(19)11-14/h2,4,7,10,14-15H,3,5-6,8-9,11-12H2,1H3. The minimum atomic E-state index is 0.454. The molecule has 3 nitrogen and oxygen atoms in total. The van der Waals surface area contributed by atoms with E-state index in [0.29, 0.717) is 24.5 Å². The summed E-state index contributed by atoms with van der Waals surface area (Å²) in [4.78, 5) is 14.2. The van der Waals surface area contributed by atoms with Gasteiger partial charge in [-0.3, -0.25) is 9.69 Å². The Hall–Kier alpha value is -1.35. The van der Waals surface area contributed by atoms with Crippen LogP contribution in [-0.2, 0) is 4.79 Å². The molecule has 2 heterocycles. The van der Waals surface area contributed by atoms with E-state index in [2.05, 4.69) is 24.0 Å². The van der Waals surface area contributed by atoms with Crippen molar-refractivity contribution in [3.63, 3.8) is 0 Å². The number of carbonyl (C=O) groups excluding carboxylic acids is 1. The van der Waals surface area contributed by atoms with E-state index in [0.717, 1.165) is 25.1 Å². The van der Waals surface area contributed by atoms with E-state index in [-0.39, 0.29) is 0 Å². The van der Waals surface area contributed by atoms with Crippen LogP contribution in [0, 0.1) is 6.92 Å². The number of fused-ring (bicyclic) bond motifs is 2. The Morgan fingerprint density at radius 2 is 2.00 bits per heavy atom. The molecule has 2 aliphatic rings. The Morgan fingerprint density at radius 1 is 1.25 bits per heavy atom. The number of Topliss-reactive ketones (excluding diaryl/α,β-unsaturated/α-hetero) is 1. The molecule has 2 fully saturated rings. The topological polar surface area (TPSA) is 29.5 Å². The van der Waals surface area contributed by atoms with Gasteiger partial charge < -0.3 is 4.74 Å². The number of ether oxygens (including phenoxy) is 1. The molecule has 20 heavy (non-hydrogen) atoms. The second-order valence-corrected chi connectivity index (χ2v) is 6.09. The zero-order valence-corrected chi connectivity index (χ0v) is 12.2. The molecule has 0 aromatic heterocycles. The molecule has 0 radical (unpaired) electrons. The first-order chi connectivity index (χ1) is 9.72. The van der Waals surface area contributed by atoms with Crippen molar-refractivity contribution in [2.45, 2.75) is 51.1 Å². The van der Waals surface area contributed by atoms with Gasteiger partial charge in [0, 0.05) is 31.5 Å². The number of benzene rings is 1. The van der Waals surface area contributed by atoms with Gasteiger partial charge in [-0.15, -0.1) is 0 Å². The van der Waals surface area contributed by atoms with Gasteiger partial charge in [0.15, 0.2) is 0 Å². The molecule has 0 amide bonds. The van der Waals surface area contributed by atoms with Crippen LogP contribution in [0.5, 0.6) is 5.75 Å². The Balaban J connectivity index is 1.54. The number of hydrogen-bond acceptors (Lipinski definition) is 3. The van der Waals surface area contributed by atoms with E-state index >= 15 is 0 Å². The summed E-state index contributed by atoms with van der Waals surface area (Å²) in [6.45, 7) is 3.73. The lowest BCUT2D eigenvalue weighted by molar-refractivity contribution is -0.127. The molecule has 2 unspecified atom stereocenters. The molecule has 2 saturated heterocycles. The molecule has 1 aromatic rings. The highest BCUT2D eigenvalue weighted by Crippen LogP contribution is 2.31. The fraction of sp³-hybridized carbons (Fsp3) is 0.588. The van der Waals surface area contributed by atoms with Crippen molar-refractivity contribution < 1.29 is 9.53 Å². The second kappa shape index (κ2) is 5.96. The van der Waals surface area contributed by atoms with E-state index in [1.807, 2.05) is 12.1 Å². The molecular formula is C17H23NO2. The number of aryl methyl sites for hydroxylation is 1. The first kappa shape index (κ1) is 13.6. The molecule has 0 aliphatic carbocycles. The van der Waals surface area contributed by atoms with E-state index < -0.39 is 0 Å². The lowest BCUT2D eigenvalue weighted by atomic mass is 9.84. The molecule has 1 aromatic carbocycles. The summed E-state index contributed by atoms with van der Waals surface area (Å²) in [5, 5.41) is 0. The summed E-state index contributed by atoms with van der Waals surface area (Å²) < 4.78 is 5.86. The third-order valence-electron chi connectivity index (χ3n) is 4.55. The van der Waals surface area contributed by atoms with Crippen LogP contribution < -0.4 is 4.74 Å². The Labute approximate surface area is 120 Å². The average molecular weight is 273 g/mol. The molecule has 0 saturated carbocycles. The number of ketones is 1. The van der Waals surface area contributed by atoms with E-state index in [1.165, 1.54) is 24.8 Å². The Kier molecular flexibility index (Phi) is 4.06. The van der Waals surface area contributed by atoms with Gasteiger partial charge in [0.25, 0.3) is 0 Å². The highest BCUT2D eigenvalue weighted by molar-refractivity contribution is 5.80. The second-order valence-electron chi connectivity index (χ2n) is 6.09. The molecule has 0 spiro atoms. The predicted molar refractivity (Wildman–Crippen MR) is 79.0 cm³/mol. The van der Waals surface area contributed by atoms with Gasteiger partial charge in [-0.1, -0.05) is 18.6 Å². The van der Waals surface area contributed by atoms with Gasteiger partial charge in [-0.05, 0) is 37.5 Å². The third-order valence-corrected chi connectivity index (χ3v) is 4.55. The van der Waals surface area contributed by atoms with Gasteiger partial charge in [-0.25, -0.2) is 0 Å². The fourth-order valence-electron chi connectivity index (χ4n) is 3.61. The summed E-state index contributed by atoms with van der Waals surface area (Å²) in [6, 6.07) is 9.12. The largest absolute Gasteiger partial charge is 0.492 e. The number of piperidine rings is 2. The van der Waals surface area contributed by atoms with Crippen LogP contribution in [0.3, 0.4) is 0 Å². The van der Waals surface area contributed by atoms with Gasteiger partial charge in [0.2, 0.25) is 0 Å². The monoisotopic (exact) mass is 273 g/mol. The fourth-order valence-corrected chi connectivity index (χ4v) is 3.61. The summed E-state index contributed by atoms with van der Waals surface area (Å²) in [6.07, 6.45) is 5.12. The molecular weight excluding hydrogens is 250 g/mol. The summed E-state index contributed by atoms with van der Waals surface area (Å²) in [7, 11) is 0. The smallest absolute Gasteiger partial charge is 0.136 e. The zero-order chi connectivity index (χ0) is 13.9. The molecule has 3 heteroatoms. The normalized spacial score (nSPS) is 26.6. The van der Waals surface area contributed by atoms with Gasteiger partial charge in [0.05, 0.1) is 0 Å². The molecule has 2 atom stereocenters. The maximum Gasteiger partial charge on any atom is 0.136 e. The maximum atomic E-state index is 11.7. The molecule has 2 aliphatic heterocycles. The number of hydrogen-bond donors (Lipinski definition) is 0. The molecule has 108 valence electrons. The van der Waals surface area contributed by atoms with Crippen LogP contribution in [0.2, 0.25) is 0 Å². The minimum absolute atomic E-state index is 0.454. The van der Waals surface area contributed by atoms with Crippen molar-refractivity contribution in [2.75, 3.05) is 13.2 Å². The summed E-state index contributed by atoms with van der Waals surface area (Å²) in [5.74, 6) is 1.40. The third kappa shape index (κ3) is 3.04. The van der Waals surface area contributed by atoms with Crippen LogP contribution in [0.25, 0.3) is 0 Å². The van der Waals surface area contributed by atoms with Crippen molar-refractivity contribution in [3.05, 3.63) is 29.8 Å². The quantitative estimate of drug-likeness (QED) is 0.844.